The highest BCUT2D eigenvalue weighted by molar-refractivity contribution is 5.97. The summed E-state index contributed by atoms with van der Waals surface area (Å²) in [6, 6.07) is 6.19. The average Bonchev–Trinajstić information content (AvgIpc) is 3.37. The van der Waals surface area contributed by atoms with Crippen LogP contribution < -0.4 is 4.74 Å². The molecule has 1 saturated carbocycles. The van der Waals surface area contributed by atoms with Crippen molar-refractivity contribution in [2.45, 2.75) is 59.0 Å². The van der Waals surface area contributed by atoms with Crippen molar-refractivity contribution in [2.24, 2.45) is 5.92 Å². The maximum absolute atomic E-state index is 6.07. The van der Waals surface area contributed by atoms with Gasteiger partial charge in [-0.3, -0.25) is 4.90 Å². The molecule has 29 heavy (non-hydrogen) atoms. The molecule has 0 aliphatic heterocycles. The van der Waals surface area contributed by atoms with Crippen LogP contribution in [-0.2, 0) is 13.1 Å². The van der Waals surface area contributed by atoms with E-state index in [0.717, 1.165) is 47.8 Å². The average molecular weight is 397 g/mol. The molecular weight excluding hydrogens is 364 g/mol. The first kappa shape index (κ1) is 20.0. The van der Waals surface area contributed by atoms with Gasteiger partial charge in [-0.05, 0) is 37.9 Å². The fourth-order valence-electron chi connectivity index (χ4n) is 4.52. The Hall–Kier alpha value is -2.34. The number of hydrogen-bond donors (Lipinski definition) is 0. The Bertz CT molecular complexity index is 936. The molecular formula is C23H32N4O2. The summed E-state index contributed by atoms with van der Waals surface area (Å²) >= 11 is 0. The minimum absolute atomic E-state index is 0.591. The van der Waals surface area contributed by atoms with Gasteiger partial charge < -0.3 is 13.7 Å². The summed E-state index contributed by atoms with van der Waals surface area (Å²) < 4.78 is 14.1. The summed E-state index contributed by atoms with van der Waals surface area (Å²) in [6.07, 6.45) is 8.83. The van der Waals surface area contributed by atoms with Gasteiger partial charge in [0.15, 0.2) is 0 Å². The molecule has 1 fully saturated rings. The van der Waals surface area contributed by atoms with E-state index in [1.165, 1.54) is 32.1 Å². The number of ether oxygens (including phenoxy) is 1. The smallest absolute Gasteiger partial charge is 0.249 e. The van der Waals surface area contributed by atoms with Crippen LogP contribution in [0.4, 0.5) is 0 Å². The molecule has 4 rings (SSSR count). The molecule has 0 bridgehead atoms. The van der Waals surface area contributed by atoms with E-state index in [0.29, 0.717) is 18.3 Å². The van der Waals surface area contributed by atoms with Gasteiger partial charge in [-0.15, -0.1) is 10.2 Å². The molecule has 0 unspecified atom stereocenters. The topological polar surface area (TPSA) is 56.3 Å². The standard InChI is InChI=1S/C23H32N4O2/c1-4-26(5-2)16-21-24-25-23(29-21)19-15-27(14-17-10-7-6-8-11-17)22-18(19)12-9-13-20(22)28-3/h9,12-13,15,17H,4-8,10-11,14,16H2,1-3H3. The molecule has 1 aromatic carbocycles. The van der Waals surface area contributed by atoms with E-state index in [1.807, 2.05) is 12.1 Å². The molecule has 0 atom stereocenters. The molecule has 0 saturated heterocycles. The van der Waals surface area contributed by atoms with Crippen LogP contribution in [0.25, 0.3) is 22.4 Å². The summed E-state index contributed by atoms with van der Waals surface area (Å²) in [5.41, 5.74) is 2.12. The Balaban J connectivity index is 1.70. The lowest BCUT2D eigenvalue weighted by atomic mass is 9.89. The Morgan fingerprint density at radius 1 is 1.14 bits per heavy atom. The summed E-state index contributed by atoms with van der Waals surface area (Å²) in [6.45, 7) is 7.91. The molecule has 0 amide bonds. The molecule has 1 aliphatic carbocycles. The van der Waals surface area contributed by atoms with Crippen LogP contribution in [0, 0.1) is 5.92 Å². The van der Waals surface area contributed by atoms with E-state index >= 15 is 0 Å². The molecule has 1 aliphatic rings. The zero-order chi connectivity index (χ0) is 20.2. The number of nitrogens with zero attached hydrogens (tertiary/aromatic N) is 4. The highest BCUT2D eigenvalue weighted by Crippen LogP contribution is 2.37. The van der Waals surface area contributed by atoms with Crippen molar-refractivity contribution >= 4 is 10.9 Å². The van der Waals surface area contributed by atoms with E-state index < -0.39 is 0 Å². The van der Waals surface area contributed by atoms with Crippen LogP contribution in [-0.4, -0.2) is 39.9 Å². The van der Waals surface area contributed by atoms with Crippen molar-refractivity contribution < 1.29 is 9.15 Å². The zero-order valence-electron chi connectivity index (χ0n) is 17.9. The quantitative estimate of drug-likeness (QED) is 0.529. The predicted octanol–water partition coefficient (Wildman–Crippen LogP) is 5.12. The van der Waals surface area contributed by atoms with Crippen LogP contribution in [0.15, 0.2) is 28.8 Å². The zero-order valence-corrected chi connectivity index (χ0v) is 17.9. The largest absolute Gasteiger partial charge is 0.495 e. The van der Waals surface area contributed by atoms with Crippen LogP contribution >= 0.6 is 0 Å². The second-order valence-corrected chi connectivity index (χ2v) is 8.02. The van der Waals surface area contributed by atoms with Gasteiger partial charge in [-0.2, -0.15) is 0 Å². The van der Waals surface area contributed by atoms with E-state index in [1.54, 1.807) is 7.11 Å². The molecule has 0 N–H and O–H groups in total. The van der Waals surface area contributed by atoms with Crippen molar-refractivity contribution in [2.75, 3.05) is 20.2 Å². The SMILES string of the molecule is CCN(CC)Cc1nnc(-c2cn(CC3CCCCC3)c3c(OC)cccc23)o1. The molecule has 6 heteroatoms. The molecule has 0 radical (unpaired) electrons. The van der Waals surface area contributed by atoms with Gasteiger partial charge >= 0.3 is 0 Å². The summed E-state index contributed by atoms with van der Waals surface area (Å²) in [5, 5.41) is 9.79. The lowest BCUT2D eigenvalue weighted by molar-refractivity contribution is 0.264. The monoisotopic (exact) mass is 396 g/mol. The minimum Gasteiger partial charge on any atom is -0.495 e. The van der Waals surface area contributed by atoms with Crippen LogP contribution in [0.3, 0.4) is 0 Å². The lowest BCUT2D eigenvalue weighted by Gasteiger charge is -2.22. The van der Waals surface area contributed by atoms with E-state index in [4.69, 9.17) is 9.15 Å². The maximum Gasteiger partial charge on any atom is 0.249 e. The van der Waals surface area contributed by atoms with Gasteiger partial charge in [0.2, 0.25) is 11.8 Å². The maximum atomic E-state index is 6.07. The minimum atomic E-state index is 0.591. The van der Waals surface area contributed by atoms with Crippen molar-refractivity contribution in [3.05, 3.63) is 30.3 Å². The number of methoxy groups -OCH3 is 1. The van der Waals surface area contributed by atoms with E-state index in [9.17, 15) is 0 Å². The van der Waals surface area contributed by atoms with Gasteiger partial charge in [-0.25, -0.2) is 0 Å². The number of fused-ring (bicyclic) bond motifs is 1. The molecule has 6 nitrogen and oxygen atoms in total. The Morgan fingerprint density at radius 3 is 2.66 bits per heavy atom. The highest BCUT2D eigenvalue weighted by Gasteiger charge is 2.21. The molecule has 156 valence electrons. The van der Waals surface area contributed by atoms with Gasteiger partial charge in [-0.1, -0.05) is 45.2 Å². The number of hydrogen-bond acceptors (Lipinski definition) is 5. The summed E-state index contributed by atoms with van der Waals surface area (Å²) in [7, 11) is 1.74. The molecule has 2 aromatic heterocycles. The normalized spacial score (nSPS) is 15.4. The number of aromatic nitrogens is 3. The third-order valence-electron chi connectivity index (χ3n) is 6.21. The number of rotatable bonds is 8. The van der Waals surface area contributed by atoms with Crippen molar-refractivity contribution in [1.29, 1.82) is 0 Å². The number of benzene rings is 1. The Kier molecular flexibility index (Phi) is 6.19. The van der Waals surface area contributed by atoms with Gasteiger partial charge in [0.25, 0.3) is 0 Å². The first-order chi connectivity index (χ1) is 14.2. The first-order valence-corrected chi connectivity index (χ1v) is 10.9. The fourth-order valence-corrected chi connectivity index (χ4v) is 4.52. The van der Waals surface area contributed by atoms with E-state index in [-0.39, 0.29) is 0 Å². The van der Waals surface area contributed by atoms with E-state index in [2.05, 4.69) is 45.8 Å². The highest BCUT2D eigenvalue weighted by atomic mass is 16.5. The second-order valence-electron chi connectivity index (χ2n) is 8.02. The van der Waals surface area contributed by atoms with Crippen LogP contribution in [0.5, 0.6) is 5.75 Å². The summed E-state index contributed by atoms with van der Waals surface area (Å²) in [4.78, 5) is 2.27. The number of para-hydroxylation sites is 1. The van der Waals surface area contributed by atoms with Gasteiger partial charge in [0, 0.05) is 18.1 Å². The second kappa shape index (κ2) is 8.99. The van der Waals surface area contributed by atoms with Crippen molar-refractivity contribution in [1.82, 2.24) is 19.7 Å². The van der Waals surface area contributed by atoms with Gasteiger partial charge in [0.1, 0.15) is 5.75 Å². The fraction of sp³-hybridized carbons (Fsp3) is 0.565. The molecule has 0 spiro atoms. The molecule has 2 heterocycles. The van der Waals surface area contributed by atoms with Crippen molar-refractivity contribution in [3.8, 4) is 17.2 Å². The Labute approximate surface area is 172 Å². The first-order valence-electron chi connectivity index (χ1n) is 10.9. The van der Waals surface area contributed by atoms with Crippen LogP contribution in [0.1, 0.15) is 51.8 Å². The Morgan fingerprint density at radius 2 is 1.93 bits per heavy atom. The summed E-state index contributed by atoms with van der Waals surface area (Å²) in [5.74, 6) is 2.87. The van der Waals surface area contributed by atoms with Crippen molar-refractivity contribution in [3.63, 3.8) is 0 Å². The lowest BCUT2D eigenvalue weighted by Crippen LogP contribution is -2.22. The predicted molar refractivity (Wildman–Crippen MR) is 115 cm³/mol. The third-order valence-corrected chi connectivity index (χ3v) is 6.21. The van der Waals surface area contributed by atoms with Gasteiger partial charge in [0.05, 0.1) is 24.7 Å². The van der Waals surface area contributed by atoms with Crippen LogP contribution in [0.2, 0.25) is 0 Å². The third kappa shape index (κ3) is 4.17. The molecule has 3 aromatic rings.